The van der Waals surface area contributed by atoms with Crippen LogP contribution >= 0.6 is 0 Å². The first-order chi connectivity index (χ1) is 26.6. The Kier molecular flexibility index (Phi) is 9.00. The predicted molar refractivity (Wildman–Crippen MR) is 218 cm³/mol. The van der Waals surface area contributed by atoms with Crippen molar-refractivity contribution in [2.75, 3.05) is 13.7 Å². The standard InChI is InChI=1S/C47H60N2O8/c1-23(2)36-39(53)34-33-26(29-21-43(4,5)57-44(6,7)35(29)38(33)52)20-27-28-19-25-14-15-31-45(8,17-12-13-24(3)41(54)48-30(22-50)42(55)56-11)32(51)16-18-46(31,9)47(25,10)40(28)49(36)37(27)34/h12-13,17,20-21,25,30-32,35-36,38,50-52H,1,14-16,18-19,22H2,2-11H3,(H,48,54)/b17-12+,24-13+. The molecule has 10 unspecified atom stereocenters. The number of carbonyl (C=O) groups excluding carboxylic acids is 3. The molecule has 10 atom stereocenters. The van der Waals surface area contributed by atoms with Gasteiger partial charge < -0.3 is 34.7 Å². The molecule has 10 heteroatoms. The smallest absolute Gasteiger partial charge is 0.330 e. The number of aliphatic hydroxyl groups excluding tert-OH is 3. The molecule has 8 rings (SSSR count). The van der Waals surface area contributed by atoms with Gasteiger partial charge in [0, 0.05) is 39.0 Å². The number of rotatable bonds is 7. The number of benzene rings is 1. The molecule has 10 nitrogen and oxygen atoms in total. The third kappa shape index (κ3) is 5.25. The zero-order valence-corrected chi connectivity index (χ0v) is 35.2. The molecule has 1 aromatic heterocycles. The normalized spacial score (nSPS) is 36.3. The molecule has 3 heterocycles. The molecule has 2 fully saturated rings. The number of aliphatic hydroxyl groups is 3. The van der Waals surface area contributed by atoms with Crippen molar-refractivity contribution in [3.63, 3.8) is 0 Å². The zero-order chi connectivity index (χ0) is 41.5. The molecule has 0 radical (unpaired) electrons. The lowest BCUT2D eigenvalue weighted by Gasteiger charge is -2.64. The second kappa shape index (κ2) is 12.8. The first kappa shape index (κ1) is 40.0. The average Bonchev–Trinajstić information content (AvgIpc) is 3.80. The zero-order valence-electron chi connectivity index (χ0n) is 35.2. The van der Waals surface area contributed by atoms with E-state index in [-0.39, 0.29) is 28.4 Å². The topological polar surface area (TPSA) is 147 Å². The molecular formula is C47H60N2O8. The molecule has 306 valence electrons. The van der Waals surface area contributed by atoms with Gasteiger partial charge in [-0.2, -0.15) is 0 Å². The number of methoxy groups -OCH3 is 1. The lowest BCUT2D eigenvalue weighted by atomic mass is 9.40. The van der Waals surface area contributed by atoms with Crippen LogP contribution in [0.1, 0.15) is 133 Å². The molecule has 4 aliphatic carbocycles. The fourth-order valence-corrected chi connectivity index (χ4v) is 13.2. The minimum absolute atomic E-state index is 0.00192. The summed E-state index contributed by atoms with van der Waals surface area (Å²) in [7, 11) is 1.20. The molecule has 0 saturated heterocycles. The first-order valence-electron chi connectivity index (χ1n) is 20.7. The lowest BCUT2D eigenvalue weighted by molar-refractivity contribution is -0.145. The second-order valence-electron chi connectivity index (χ2n) is 19.8. The van der Waals surface area contributed by atoms with Gasteiger partial charge in [0.1, 0.15) is 6.04 Å². The number of aromatic nitrogens is 1. The predicted octanol–water partition coefficient (Wildman–Crippen LogP) is 6.75. The maximum absolute atomic E-state index is 14.9. The number of amides is 1. The van der Waals surface area contributed by atoms with Crippen LogP contribution in [0.2, 0.25) is 0 Å². The molecule has 0 bridgehead atoms. The summed E-state index contributed by atoms with van der Waals surface area (Å²) in [6.45, 7) is 22.5. The quantitative estimate of drug-likeness (QED) is 0.105. The van der Waals surface area contributed by atoms with E-state index < -0.39 is 59.4 Å². The van der Waals surface area contributed by atoms with Crippen molar-refractivity contribution >= 4 is 34.1 Å². The minimum atomic E-state index is -1.16. The van der Waals surface area contributed by atoms with Crippen LogP contribution in [-0.4, -0.2) is 74.6 Å². The Morgan fingerprint density at radius 3 is 2.46 bits per heavy atom. The Bertz CT molecular complexity index is 2240. The van der Waals surface area contributed by atoms with E-state index >= 15 is 0 Å². The SMILES string of the molecule is C=C(C)C1C(=O)c2c3c(cc4c5c(n1c24)C1(C)C(CCC2C(C)(/C=C/C=C(\C)C(=O)NC(CO)C(=O)OC)C(O)CCC21C)C5)C1=CC(C)(C)OC(C)(C)C1C3O. The van der Waals surface area contributed by atoms with Crippen LogP contribution in [0.5, 0.6) is 0 Å². The Balaban J connectivity index is 1.24. The highest BCUT2D eigenvalue weighted by Gasteiger charge is 2.68. The van der Waals surface area contributed by atoms with Gasteiger partial charge in [-0.25, -0.2) is 4.79 Å². The number of nitrogens with one attached hydrogen (secondary N) is 1. The van der Waals surface area contributed by atoms with E-state index in [1.807, 2.05) is 26.8 Å². The largest absolute Gasteiger partial charge is 0.467 e. The number of esters is 1. The van der Waals surface area contributed by atoms with Crippen molar-refractivity contribution in [2.45, 2.75) is 135 Å². The van der Waals surface area contributed by atoms with Gasteiger partial charge in [-0.3, -0.25) is 9.59 Å². The van der Waals surface area contributed by atoms with Gasteiger partial charge in [-0.1, -0.05) is 51.2 Å². The van der Waals surface area contributed by atoms with E-state index in [0.29, 0.717) is 23.5 Å². The fraction of sp³-hybridized carbons (Fsp3) is 0.596. The van der Waals surface area contributed by atoms with Gasteiger partial charge >= 0.3 is 5.97 Å². The number of Topliss-reactive ketones (excluding diaryl/α,β-unsaturated/α-hetero) is 1. The van der Waals surface area contributed by atoms with E-state index in [1.165, 1.54) is 18.4 Å². The van der Waals surface area contributed by atoms with Crippen molar-refractivity contribution in [2.24, 2.45) is 28.6 Å². The van der Waals surface area contributed by atoms with Gasteiger partial charge in [0.2, 0.25) is 5.91 Å². The number of fused-ring (bicyclic) bond motifs is 11. The summed E-state index contributed by atoms with van der Waals surface area (Å²) in [6, 6.07) is 0.538. The van der Waals surface area contributed by atoms with Crippen LogP contribution in [-0.2, 0) is 30.9 Å². The summed E-state index contributed by atoms with van der Waals surface area (Å²) in [6.07, 6.45) is 10.4. The Labute approximate surface area is 336 Å². The summed E-state index contributed by atoms with van der Waals surface area (Å²) in [4.78, 5) is 39.8. The van der Waals surface area contributed by atoms with Crippen LogP contribution in [0.25, 0.3) is 16.5 Å². The highest BCUT2D eigenvalue weighted by atomic mass is 16.5. The van der Waals surface area contributed by atoms with E-state index in [1.54, 1.807) is 13.0 Å². The van der Waals surface area contributed by atoms with Crippen LogP contribution in [0.15, 0.2) is 48.1 Å². The molecule has 2 aliphatic heterocycles. The maximum Gasteiger partial charge on any atom is 0.330 e. The van der Waals surface area contributed by atoms with E-state index in [4.69, 9.17) is 4.74 Å². The second-order valence-corrected chi connectivity index (χ2v) is 19.8. The summed E-state index contributed by atoms with van der Waals surface area (Å²) < 4.78 is 13.5. The minimum Gasteiger partial charge on any atom is -0.467 e. The van der Waals surface area contributed by atoms with Crippen LogP contribution in [0.4, 0.5) is 0 Å². The van der Waals surface area contributed by atoms with Crippen molar-refractivity contribution < 1.29 is 39.2 Å². The van der Waals surface area contributed by atoms with Gasteiger partial charge in [-0.05, 0) is 120 Å². The number of hydrogen-bond acceptors (Lipinski definition) is 8. The number of allylic oxidation sites excluding steroid dienone is 3. The van der Waals surface area contributed by atoms with Crippen LogP contribution < -0.4 is 5.32 Å². The summed E-state index contributed by atoms with van der Waals surface area (Å²) in [5, 5.41) is 37.3. The highest BCUT2D eigenvalue weighted by molar-refractivity contribution is 6.18. The molecule has 1 amide bonds. The molecule has 0 spiro atoms. The third-order valence-electron chi connectivity index (χ3n) is 15.7. The maximum atomic E-state index is 14.9. The van der Waals surface area contributed by atoms with Crippen molar-refractivity contribution in [1.29, 1.82) is 0 Å². The number of nitrogens with zero attached hydrogens (tertiary/aromatic N) is 1. The highest BCUT2D eigenvalue weighted by Crippen LogP contribution is 2.71. The van der Waals surface area contributed by atoms with Gasteiger partial charge in [0.05, 0.1) is 48.2 Å². The summed E-state index contributed by atoms with van der Waals surface area (Å²) >= 11 is 0. The number of ketones is 1. The first-order valence-corrected chi connectivity index (χ1v) is 20.7. The molecule has 6 aliphatic rings. The number of ether oxygens (including phenoxy) is 2. The molecule has 4 N–H and O–H groups in total. The Morgan fingerprint density at radius 2 is 1.81 bits per heavy atom. The molecule has 2 aromatic rings. The fourth-order valence-electron chi connectivity index (χ4n) is 13.2. The summed E-state index contributed by atoms with van der Waals surface area (Å²) in [5.74, 6) is -1.12. The third-order valence-corrected chi connectivity index (χ3v) is 15.7. The van der Waals surface area contributed by atoms with Crippen LogP contribution in [0, 0.1) is 28.6 Å². The molecule has 2 saturated carbocycles. The molecular weight excluding hydrogens is 721 g/mol. The molecule has 57 heavy (non-hydrogen) atoms. The Hall–Kier alpha value is -3.83. The average molecular weight is 781 g/mol. The monoisotopic (exact) mass is 780 g/mol. The van der Waals surface area contributed by atoms with Gasteiger partial charge in [0.15, 0.2) is 11.8 Å². The van der Waals surface area contributed by atoms with Crippen molar-refractivity contribution in [3.05, 3.63) is 76.0 Å². The van der Waals surface area contributed by atoms with Gasteiger partial charge in [0.25, 0.3) is 0 Å². The van der Waals surface area contributed by atoms with E-state index in [9.17, 15) is 29.7 Å². The van der Waals surface area contributed by atoms with Crippen molar-refractivity contribution in [3.8, 4) is 0 Å². The lowest BCUT2D eigenvalue weighted by Crippen LogP contribution is -2.62. The molecule has 1 aromatic carbocycles. The Morgan fingerprint density at radius 1 is 1.11 bits per heavy atom. The van der Waals surface area contributed by atoms with E-state index in [2.05, 4.69) is 74.0 Å². The summed E-state index contributed by atoms with van der Waals surface area (Å²) in [5.41, 5.74) is 5.50. The van der Waals surface area contributed by atoms with Crippen LogP contribution in [0.3, 0.4) is 0 Å². The van der Waals surface area contributed by atoms with E-state index in [0.717, 1.165) is 58.9 Å². The van der Waals surface area contributed by atoms with Gasteiger partial charge in [-0.15, -0.1) is 0 Å². The van der Waals surface area contributed by atoms with Crippen molar-refractivity contribution in [1.82, 2.24) is 9.88 Å². The number of hydrogen-bond donors (Lipinski definition) is 4. The number of carbonyl (C=O) groups is 3.